The minimum atomic E-state index is -0.652. The van der Waals surface area contributed by atoms with Crippen LogP contribution < -0.4 is 5.32 Å². The topological polar surface area (TPSA) is 41.5 Å². The molecule has 1 atom stereocenters. The molecule has 1 aromatic carbocycles. The molecule has 2 N–H and O–H groups in total. The summed E-state index contributed by atoms with van der Waals surface area (Å²) in [7, 11) is 0. The summed E-state index contributed by atoms with van der Waals surface area (Å²) in [5.41, 5.74) is 0.676. The lowest BCUT2D eigenvalue weighted by molar-refractivity contribution is 0.0216. The maximum Gasteiger partial charge on any atom is 0.102 e. The molecule has 1 aromatic rings. The molecule has 0 aromatic heterocycles. The number of halogens is 1. The van der Waals surface area contributed by atoms with Crippen molar-refractivity contribution in [3.05, 3.63) is 34.9 Å². The van der Waals surface area contributed by atoms with E-state index in [4.69, 9.17) is 16.3 Å². The van der Waals surface area contributed by atoms with Gasteiger partial charge in [0.25, 0.3) is 0 Å². The molecule has 2 aliphatic rings. The Morgan fingerprint density at radius 3 is 2.95 bits per heavy atom. The van der Waals surface area contributed by atoms with Crippen molar-refractivity contribution in [3.63, 3.8) is 0 Å². The SMILES string of the molecule is OC1(CNC2CC(c3cccc(Cl)c3)C2)CCOC1. The third-order valence-electron chi connectivity index (χ3n) is 4.26. The fourth-order valence-electron chi connectivity index (χ4n) is 2.89. The molecule has 1 heterocycles. The lowest BCUT2D eigenvalue weighted by Gasteiger charge is -2.38. The van der Waals surface area contributed by atoms with E-state index >= 15 is 0 Å². The monoisotopic (exact) mass is 281 g/mol. The van der Waals surface area contributed by atoms with E-state index in [0.29, 0.717) is 31.7 Å². The van der Waals surface area contributed by atoms with E-state index in [2.05, 4.69) is 17.4 Å². The first-order chi connectivity index (χ1) is 9.15. The van der Waals surface area contributed by atoms with Gasteiger partial charge in [0.1, 0.15) is 5.60 Å². The summed E-state index contributed by atoms with van der Waals surface area (Å²) in [4.78, 5) is 0. The van der Waals surface area contributed by atoms with Gasteiger partial charge in [-0.3, -0.25) is 0 Å². The van der Waals surface area contributed by atoms with Gasteiger partial charge < -0.3 is 15.2 Å². The van der Waals surface area contributed by atoms with Crippen LogP contribution in [-0.2, 0) is 4.74 Å². The average Bonchev–Trinajstić information content (AvgIpc) is 2.74. The van der Waals surface area contributed by atoms with E-state index in [1.54, 1.807) is 0 Å². The summed E-state index contributed by atoms with van der Waals surface area (Å²) in [5, 5.41) is 14.4. The van der Waals surface area contributed by atoms with Crippen molar-refractivity contribution in [3.8, 4) is 0 Å². The molecule has 0 radical (unpaired) electrons. The third kappa shape index (κ3) is 3.11. The van der Waals surface area contributed by atoms with Gasteiger partial charge in [0.2, 0.25) is 0 Å². The Labute approximate surface area is 118 Å². The molecule has 104 valence electrons. The zero-order valence-corrected chi connectivity index (χ0v) is 11.7. The lowest BCUT2D eigenvalue weighted by atomic mass is 9.75. The van der Waals surface area contributed by atoms with Gasteiger partial charge in [-0.25, -0.2) is 0 Å². The first-order valence-corrected chi connectivity index (χ1v) is 7.31. The number of benzene rings is 1. The molecule has 0 spiro atoms. The second-order valence-corrected chi connectivity index (χ2v) is 6.26. The van der Waals surface area contributed by atoms with E-state index in [1.165, 1.54) is 5.56 Å². The lowest BCUT2D eigenvalue weighted by Crippen LogP contribution is -2.48. The molecule has 19 heavy (non-hydrogen) atoms. The first-order valence-electron chi connectivity index (χ1n) is 6.94. The van der Waals surface area contributed by atoms with Crippen LogP contribution in [0.25, 0.3) is 0 Å². The number of ether oxygens (including phenoxy) is 1. The van der Waals surface area contributed by atoms with Gasteiger partial charge in [-0.2, -0.15) is 0 Å². The molecular formula is C15H20ClNO2. The van der Waals surface area contributed by atoms with Crippen molar-refractivity contribution in [2.45, 2.75) is 36.8 Å². The Morgan fingerprint density at radius 1 is 1.42 bits per heavy atom. The molecule has 1 unspecified atom stereocenters. The predicted octanol–water partition coefficient (Wildman–Crippen LogP) is 2.33. The molecule has 2 fully saturated rings. The highest BCUT2D eigenvalue weighted by Gasteiger charge is 2.35. The largest absolute Gasteiger partial charge is 0.386 e. The summed E-state index contributed by atoms with van der Waals surface area (Å²) in [6.45, 7) is 1.78. The van der Waals surface area contributed by atoms with Crippen molar-refractivity contribution in [2.75, 3.05) is 19.8 Å². The summed E-state index contributed by atoms with van der Waals surface area (Å²) in [6.07, 6.45) is 2.99. The van der Waals surface area contributed by atoms with Crippen LogP contribution in [0.2, 0.25) is 5.02 Å². The maximum atomic E-state index is 10.2. The minimum absolute atomic E-state index is 0.463. The van der Waals surface area contributed by atoms with Gasteiger partial charge in [0.15, 0.2) is 0 Å². The predicted molar refractivity (Wildman–Crippen MR) is 75.6 cm³/mol. The van der Waals surface area contributed by atoms with Crippen LogP contribution in [0.1, 0.15) is 30.7 Å². The van der Waals surface area contributed by atoms with Crippen LogP contribution in [0, 0.1) is 0 Å². The van der Waals surface area contributed by atoms with Crippen LogP contribution in [0.4, 0.5) is 0 Å². The Hall–Kier alpha value is -0.610. The van der Waals surface area contributed by atoms with Gasteiger partial charge in [-0.1, -0.05) is 23.7 Å². The molecule has 3 nitrogen and oxygen atoms in total. The van der Waals surface area contributed by atoms with Gasteiger partial charge >= 0.3 is 0 Å². The second kappa shape index (κ2) is 5.41. The highest BCUT2D eigenvalue weighted by atomic mass is 35.5. The fourth-order valence-corrected chi connectivity index (χ4v) is 3.09. The molecule has 1 saturated heterocycles. The summed E-state index contributed by atoms with van der Waals surface area (Å²) in [5.74, 6) is 0.602. The maximum absolute atomic E-state index is 10.2. The van der Waals surface area contributed by atoms with Crippen molar-refractivity contribution >= 4 is 11.6 Å². The van der Waals surface area contributed by atoms with Gasteiger partial charge in [-0.15, -0.1) is 0 Å². The number of aliphatic hydroxyl groups is 1. The highest BCUT2D eigenvalue weighted by Crippen LogP contribution is 2.37. The molecular weight excluding hydrogens is 262 g/mol. The molecule has 0 bridgehead atoms. The van der Waals surface area contributed by atoms with E-state index in [0.717, 1.165) is 24.3 Å². The van der Waals surface area contributed by atoms with Gasteiger partial charge in [-0.05, 0) is 36.5 Å². The van der Waals surface area contributed by atoms with E-state index in [9.17, 15) is 5.11 Å². The second-order valence-electron chi connectivity index (χ2n) is 5.83. The van der Waals surface area contributed by atoms with Crippen LogP contribution in [0.3, 0.4) is 0 Å². The number of nitrogens with one attached hydrogen (secondary N) is 1. The number of hydrogen-bond donors (Lipinski definition) is 2. The molecule has 1 saturated carbocycles. The Balaban J connectivity index is 1.45. The zero-order chi connectivity index (χ0) is 13.3. The van der Waals surface area contributed by atoms with Crippen LogP contribution in [-0.4, -0.2) is 36.5 Å². The summed E-state index contributed by atoms with van der Waals surface area (Å²) >= 11 is 6.01. The van der Waals surface area contributed by atoms with Crippen molar-refractivity contribution < 1.29 is 9.84 Å². The molecule has 4 heteroatoms. The molecule has 1 aliphatic carbocycles. The number of hydrogen-bond acceptors (Lipinski definition) is 3. The van der Waals surface area contributed by atoms with Gasteiger partial charge in [0.05, 0.1) is 6.61 Å². The molecule has 3 rings (SSSR count). The van der Waals surface area contributed by atoms with Crippen molar-refractivity contribution in [2.24, 2.45) is 0 Å². The molecule has 0 amide bonds. The zero-order valence-electron chi connectivity index (χ0n) is 10.9. The fraction of sp³-hybridized carbons (Fsp3) is 0.600. The van der Waals surface area contributed by atoms with Crippen LogP contribution >= 0.6 is 11.6 Å². The smallest absolute Gasteiger partial charge is 0.102 e. The first kappa shape index (κ1) is 13.4. The van der Waals surface area contributed by atoms with E-state index in [1.807, 2.05) is 12.1 Å². The van der Waals surface area contributed by atoms with Crippen LogP contribution in [0.15, 0.2) is 24.3 Å². The number of rotatable bonds is 4. The Bertz CT molecular complexity index is 440. The molecule has 1 aliphatic heterocycles. The van der Waals surface area contributed by atoms with Gasteiger partial charge in [0, 0.05) is 30.6 Å². The minimum Gasteiger partial charge on any atom is -0.386 e. The highest BCUT2D eigenvalue weighted by molar-refractivity contribution is 6.30. The van der Waals surface area contributed by atoms with Crippen LogP contribution in [0.5, 0.6) is 0 Å². The standard InChI is InChI=1S/C15H20ClNO2/c16-13-3-1-2-11(6-13)12-7-14(8-12)17-9-15(18)4-5-19-10-15/h1-3,6,12,14,17-18H,4-5,7-10H2. The average molecular weight is 282 g/mol. The summed E-state index contributed by atoms with van der Waals surface area (Å²) < 4.78 is 5.24. The van der Waals surface area contributed by atoms with Crippen molar-refractivity contribution in [1.82, 2.24) is 5.32 Å². The summed E-state index contributed by atoms with van der Waals surface area (Å²) in [6, 6.07) is 8.63. The Morgan fingerprint density at radius 2 is 2.26 bits per heavy atom. The van der Waals surface area contributed by atoms with Crippen molar-refractivity contribution in [1.29, 1.82) is 0 Å². The quantitative estimate of drug-likeness (QED) is 0.890. The Kier molecular flexibility index (Phi) is 3.81. The third-order valence-corrected chi connectivity index (χ3v) is 4.50. The normalized spacial score (nSPS) is 34.2. The van der Waals surface area contributed by atoms with E-state index in [-0.39, 0.29) is 0 Å². The van der Waals surface area contributed by atoms with E-state index < -0.39 is 5.60 Å².